The van der Waals surface area contributed by atoms with Gasteiger partial charge >= 0.3 is 0 Å². The monoisotopic (exact) mass is 307 g/mol. The van der Waals surface area contributed by atoms with Gasteiger partial charge in [-0.05, 0) is 44.1 Å². The first-order valence-corrected chi connectivity index (χ1v) is 8.15. The third-order valence-electron chi connectivity index (χ3n) is 5.29. The number of hydrogen-bond acceptors (Lipinski definition) is 4. The number of aromatic amines is 1. The molecule has 2 heterocycles. The van der Waals surface area contributed by atoms with Crippen LogP contribution in [0.1, 0.15) is 44.1 Å². The molecule has 122 valence electrons. The van der Waals surface area contributed by atoms with Gasteiger partial charge in [0.15, 0.2) is 0 Å². The summed E-state index contributed by atoms with van der Waals surface area (Å²) in [4.78, 5) is 14.5. The Morgan fingerprint density at radius 2 is 2.45 bits per heavy atom. The number of nitrogens with one attached hydrogen (secondary N) is 1. The zero-order chi connectivity index (χ0) is 15.6. The number of carbonyl (C=O) groups excluding carboxylic acids is 1. The summed E-state index contributed by atoms with van der Waals surface area (Å²) in [5, 5.41) is 16.7. The van der Waals surface area contributed by atoms with Crippen molar-refractivity contribution in [3.05, 3.63) is 18.0 Å². The Bertz CT molecular complexity index is 505. The van der Waals surface area contributed by atoms with Crippen LogP contribution in [0.5, 0.6) is 0 Å². The van der Waals surface area contributed by atoms with Crippen molar-refractivity contribution in [2.45, 2.75) is 62.7 Å². The van der Waals surface area contributed by atoms with Crippen molar-refractivity contribution in [3.63, 3.8) is 0 Å². The van der Waals surface area contributed by atoms with E-state index in [1.54, 1.807) is 13.3 Å². The molecule has 1 aliphatic heterocycles. The van der Waals surface area contributed by atoms with Crippen molar-refractivity contribution >= 4 is 5.91 Å². The average molecular weight is 307 g/mol. The summed E-state index contributed by atoms with van der Waals surface area (Å²) in [5.41, 5.74) is 0.896. The molecule has 1 saturated heterocycles. The second kappa shape index (κ2) is 6.38. The maximum Gasteiger partial charge on any atom is 0.222 e. The summed E-state index contributed by atoms with van der Waals surface area (Å²) in [5.74, 6) is 0.182. The van der Waals surface area contributed by atoms with E-state index in [0.717, 1.165) is 44.2 Å². The maximum absolute atomic E-state index is 12.6. The summed E-state index contributed by atoms with van der Waals surface area (Å²) in [6, 6.07) is 0.0303. The van der Waals surface area contributed by atoms with Gasteiger partial charge in [-0.15, -0.1) is 0 Å². The van der Waals surface area contributed by atoms with Crippen LogP contribution >= 0.6 is 0 Å². The van der Waals surface area contributed by atoms with Crippen molar-refractivity contribution in [2.75, 3.05) is 13.7 Å². The van der Waals surface area contributed by atoms with Crippen molar-refractivity contribution in [2.24, 2.45) is 0 Å². The Hall–Kier alpha value is -1.40. The van der Waals surface area contributed by atoms with E-state index < -0.39 is 0 Å². The second-order valence-electron chi connectivity index (χ2n) is 6.51. The van der Waals surface area contributed by atoms with E-state index in [-0.39, 0.29) is 23.7 Å². The van der Waals surface area contributed by atoms with Crippen LogP contribution in [-0.2, 0) is 16.0 Å². The fourth-order valence-electron chi connectivity index (χ4n) is 3.98. The smallest absolute Gasteiger partial charge is 0.222 e. The minimum Gasteiger partial charge on any atom is -0.393 e. The molecule has 3 rings (SSSR count). The number of methoxy groups -OCH3 is 1. The van der Waals surface area contributed by atoms with Crippen molar-refractivity contribution in [1.82, 2.24) is 15.1 Å². The lowest BCUT2D eigenvalue weighted by atomic mass is 9.79. The number of amides is 1. The first kappa shape index (κ1) is 15.5. The summed E-state index contributed by atoms with van der Waals surface area (Å²) in [7, 11) is 1.73. The van der Waals surface area contributed by atoms with Gasteiger partial charge in [0.1, 0.15) is 0 Å². The molecule has 6 heteroatoms. The van der Waals surface area contributed by atoms with Crippen LogP contribution < -0.4 is 0 Å². The van der Waals surface area contributed by atoms with Crippen molar-refractivity contribution < 1.29 is 14.6 Å². The summed E-state index contributed by atoms with van der Waals surface area (Å²) in [6.07, 6.45) is 8.71. The minimum atomic E-state index is -0.312. The molecule has 0 radical (unpaired) electrons. The van der Waals surface area contributed by atoms with Gasteiger partial charge in [0, 0.05) is 26.3 Å². The molecule has 0 spiro atoms. The highest BCUT2D eigenvalue weighted by molar-refractivity contribution is 5.77. The molecule has 22 heavy (non-hydrogen) atoms. The Morgan fingerprint density at radius 1 is 1.59 bits per heavy atom. The van der Waals surface area contributed by atoms with Crippen LogP contribution in [0.15, 0.2) is 12.4 Å². The zero-order valence-electron chi connectivity index (χ0n) is 13.1. The molecule has 1 saturated carbocycles. The number of aliphatic hydroxyl groups is 1. The van der Waals surface area contributed by atoms with Crippen LogP contribution in [0.4, 0.5) is 0 Å². The van der Waals surface area contributed by atoms with Crippen molar-refractivity contribution in [3.8, 4) is 0 Å². The molecule has 1 aliphatic carbocycles. The standard InChI is InChI=1S/C16H25N3O3/c1-22-16-6-5-13(20)9-14(16)19(8-7-16)15(21)4-2-3-12-10-17-18-11-12/h10-11,13-14,20H,2-9H2,1H3,(H,17,18)/t13-,14+,16-/m1/s1. The van der Waals surface area contributed by atoms with Gasteiger partial charge in [0.05, 0.1) is 23.9 Å². The molecule has 1 aromatic rings. The molecular weight excluding hydrogens is 282 g/mol. The number of nitrogens with zero attached hydrogens (tertiary/aromatic N) is 2. The molecule has 1 aromatic heterocycles. The lowest BCUT2D eigenvalue weighted by Crippen LogP contribution is -2.52. The van der Waals surface area contributed by atoms with E-state index in [0.29, 0.717) is 12.8 Å². The van der Waals surface area contributed by atoms with Gasteiger partial charge < -0.3 is 14.7 Å². The number of rotatable bonds is 5. The molecule has 0 bridgehead atoms. The number of fused-ring (bicyclic) bond motifs is 1. The number of aryl methyl sites for hydroxylation is 1. The predicted octanol–water partition coefficient (Wildman–Crippen LogP) is 1.26. The van der Waals surface area contributed by atoms with Gasteiger partial charge in [-0.2, -0.15) is 5.10 Å². The Morgan fingerprint density at radius 3 is 3.18 bits per heavy atom. The second-order valence-corrected chi connectivity index (χ2v) is 6.51. The van der Waals surface area contributed by atoms with Crippen molar-refractivity contribution in [1.29, 1.82) is 0 Å². The molecule has 6 nitrogen and oxygen atoms in total. The van der Waals surface area contributed by atoms with Crippen LogP contribution in [0, 0.1) is 0 Å². The number of hydrogen-bond donors (Lipinski definition) is 2. The van der Waals surface area contributed by atoms with E-state index in [4.69, 9.17) is 4.74 Å². The minimum absolute atomic E-state index is 0.0303. The quantitative estimate of drug-likeness (QED) is 0.858. The summed E-state index contributed by atoms with van der Waals surface area (Å²) < 4.78 is 5.78. The molecule has 2 aliphatic rings. The Balaban J connectivity index is 1.58. The SMILES string of the molecule is CO[C@@]12CC[C@@H](O)C[C@@H]1N(C(=O)CCCc1cn[nH]c1)CC2. The topological polar surface area (TPSA) is 78.5 Å². The third-order valence-corrected chi connectivity index (χ3v) is 5.29. The normalized spacial score (nSPS) is 31.3. The molecule has 3 atom stereocenters. The average Bonchev–Trinajstić information content (AvgIpc) is 3.15. The molecule has 2 fully saturated rings. The first-order chi connectivity index (χ1) is 10.6. The van der Waals surface area contributed by atoms with Gasteiger partial charge in [-0.1, -0.05) is 0 Å². The fourth-order valence-corrected chi connectivity index (χ4v) is 3.98. The molecule has 0 unspecified atom stereocenters. The summed E-state index contributed by atoms with van der Waals surface area (Å²) in [6.45, 7) is 0.746. The number of H-pyrrole nitrogens is 1. The highest BCUT2D eigenvalue weighted by Crippen LogP contribution is 2.42. The highest BCUT2D eigenvalue weighted by atomic mass is 16.5. The first-order valence-electron chi connectivity index (χ1n) is 8.15. The van der Waals surface area contributed by atoms with Gasteiger partial charge in [-0.3, -0.25) is 9.89 Å². The number of aliphatic hydroxyl groups excluding tert-OH is 1. The van der Waals surface area contributed by atoms with E-state index in [2.05, 4.69) is 10.2 Å². The molecule has 2 N–H and O–H groups in total. The van der Waals surface area contributed by atoms with E-state index in [1.807, 2.05) is 11.1 Å². The van der Waals surface area contributed by atoms with Gasteiger partial charge in [0.25, 0.3) is 0 Å². The van der Waals surface area contributed by atoms with Crippen LogP contribution in [0.2, 0.25) is 0 Å². The number of carbonyl (C=O) groups is 1. The molecule has 0 aromatic carbocycles. The molecule has 1 amide bonds. The van der Waals surface area contributed by atoms with Crippen LogP contribution in [0.25, 0.3) is 0 Å². The lowest BCUT2D eigenvalue weighted by Gasteiger charge is -2.42. The maximum atomic E-state index is 12.6. The van der Waals surface area contributed by atoms with Gasteiger partial charge in [-0.25, -0.2) is 0 Å². The molecular formula is C16H25N3O3. The Labute approximate surface area is 130 Å². The van der Waals surface area contributed by atoms with Crippen LogP contribution in [0.3, 0.4) is 0 Å². The third kappa shape index (κ3) is 2.90. The largest absolute Gasteiger partial charge is 0.393 e. The Kier molecular flexibility index (Phi) is 4.49. The summed E-state index contributed by atoms with van der Waals surface area (Å²) >= 11 is 0. The number of ether oxygens (including phenoxy) is 1. The van der Waals surface area contributed by atoms with E-state index in [9.17, 15) is 9.90 Å². The lowest BCUT2D eigenvalue weighted by molar-refractivity contribution is -0.139. The van der Waals surface area contributed by atoms with Gasteiger partial charge in [0.2, 0.25) is 5.91 Å². The van der Waals surface area contributed by atoms with E-state index >= 15 is 0 Å². The predicted molar refractivity (Wildman–Crippen MR) is 81.2 cm³/mol. The number of likely N-dealkylation sites (tertiary alicyclic amines) is 1. The zero-order valence-corrected chi connectivity index (χ0v) is 13.1. The highest BCUT2D eigenvalue weighted by Gasteiger charge is 2.52. The fraction of sp³-hybridized carbons (Fsp3) is 0.750. The number of aromatic nitrogens is 2. The van der Waals surface area contributed by atoms with Crippen LogP contribution in [-0.4, -0.2) is 57.5 Å². The van der Waals surface area contributed by atoms with E-state index in [1.165, 1.54) is 0 Å².